The molecule has 0 rings (SSSR count). The first-order valence-electron chi connectivity index (χ1n) is 19.4. The number of aliphatic hydroxyl groups excluding tert-OH is 2. The van der Waals surface area contributed by atoms with Gasteiger partial charge < -0.3 is 15.5 Å². The maximum absolute atomic E-state index is 12.3. The van der Waals surface area contributed by atoms with E-state index >= 15 is 0 Å². The number of hydrogen-bond donors (Lipinski definition) is 3. The summed E-state index contributed by atoms with van der Waals surface area (Å²) in [6.45, 7) is 3.90. The quantitative estimate of drug-likeness (QED) is 0.0487. The van der Waals surface area contributed by atoms with E-state index in [4.69, 9.17) is 0 Å². The van der Waals surface area contributed by atoms with Crippen molar-refractivity contribution in [2.24, 2.45) is 0 Å². The van der Waals surface area contributed by atoms with Crippen molar-refractivity contribution in [1.29, 1.82) is 0 Å². The summed E-state index contributed by atoms with van der Waals surface area (Å²) in [7, 11) is 0. The minimum atomic E-state index is -0.888. The molecule has 0 aromatic heterocycles. The summed E-state index contributed by atoms with van der Waals surface area (Å²) in [5.74, 6) is -0.115. The van der Waals surface area contributed by atoms with Crippen LogP contribution in [0.15, 0.2) is 134 Å². The first-order chi connectivity index (χ1) is 24.7. The molecule has 0 aliphatic heterocycles. The van der Waals surface area contributed by atoms with Crippen LogP contribution in [0, 0.1) is 0 Å². The van der Waals surface area contributed by atoms with Crippen molar-refractivity contribution in [3.05, 3.63) is 134 Å². The van der Waals surface area contributed by atoms with Crippen molar-refractivity contribution >= 4 is 5.91 Å². The molecule has 0 aromatic carbocycles. The SMILES string of the molecule is C/C=C/CC/C=C/CC/C=C/C(O)C(CO)NC(=O)CCCCCC/C=C\C/C=C\C/C=C\C/C=C\C/C=C\C/C=C\C/C=C\C/C=C\CC. The molecule has 2 atom stereocenters. The second-order valence-electron chi connectivity index (χ2n) is 12.3. The van der Waals surface area contributed by atoms with E-state index in [2.05, 4.69) is 134 Å². The summed E-state index contributed by atoms with van der Waals surface area (Å²) in [5, 5.41) is 22.7. The highest BCUT2D eigenvalue weighted by molar-refractivity contribution is 5.76. The molecule has 0 fully saturated rings. The lowest BCUT2D eigenvalue weighted by molar-refractivity contribution is -0.123. The summed E-state index contributed by atoms with van der Waals surface area (Å²) >= 11 is 0. The summed E-state index contributed by atoms with van der Waals surface area (Å²) in [6.07, 6.45) is 64.2. The molecular weight excluding hydrogens is 615 g/mol. The molecule has 278 valence electrons. The molecule has 0 aromatic rings. The van der Waals surface area contributed by atoms with Gasteiger partial charge in [0.25, 0.3) is 0 Å². The van der Waals surface area contributed by atoms with E-state index in [1.807, 2.05) is 13.0 Å². The van der Waals surface area contributed by atoms with Gasteiger partial charge >= 0.3 is 0 Å². The van der Waals surface area contributed by atoms with Crippen LogP contribution in [0.4, 0.5) is 0 Å². The molecule has 0 heterocycles. The van der Waals surface area contributed by atoms with Crippen LogP contribution in [-0.4, -0.2) is 34.9 Å². The van der Waals surface area contributed by atoms with E-state index in [-0.39, 0.29) is 12.5 Å². The Bertz CT molecular complexity index is 1100. The van der Waals surface area contributed by atoms with Crippen molar-refractivity contribution in [2.75, 3.05) is 6.61 Å². The van der Waals surface area contributed by atoms with Gasteiger partial charge in [-0.2, -0.15) is 0 Å². The molecule has 0 radical (unpaired) electrons. The molecule has 4 heteroatoms. The Kier molecular flexibility index (Phi) is 37.2. The zero-order chi connectivity index (χ0) is 36.4. The van der Waals surface area contributed by atoms with Crippen LogP contribution in [-0.2, 0) is 4.79 Å². The first kappa shape index (κ1) is 46.5. The zero-order valence-electron chi connectivity index (χ0n) is 31.6. The molecule has 0 spiro atoms. The van der Waals surface area contributed by atoms with Crippen molar-refractivity contribution in [3.8, 4) is 0 Å². The summed E-state index contributed by atoms with van der Waals surface area (Å²) < 4.78 is 0. The maximum Gasteiger partial charge on any atom is 0.220 e. The average Bonchev–Trinajstić information content (AvgIpc) is 3.12. The molecule has 2 unspecified atom stereocenters. The number of carbonyl (C=O) groups excluding carboxylic acids is 1. The van der Waals surface area contributed by atoms with Gasteiger partial charge in [0.1, 0.15) is 0 Å². The van der Waals surface area contributed by atoms with E-state index in [1.54, 1.807) is 6.08 Å². The topological polar surface area (TPSA) is 69.6 Å². The lowest BCUT2D eigenvalue weighted by atomic mass is 10.1. The second kappa shape index (κ2) is 40.0. The smallest absolute Gasteiger partial charge is 0.220 e. The highest BCUT2D eigenvalue weighted by atomic mass is 16.3. The van der Waals surface area contributed by atoms with E-state index in [9.17, 15) is 15.0 Å². The van der Waals surface area contributed by atoms with Gasteiger partial charge in [-0.1, -0.05) is 153 Å². The Balaban J connectivity index is 3.76. The minimum Gasteiger partial charge on any atom is -0.394 e. The normalized spacial score (nSPS) is 14.6. The van der Waals surface area contributed by atoms with Gasteiger partial charge in [-0.25, -0.2) is 0 Å². The third-order valence-corrected chi connectivity index (χ3v) is 7.69. The predicted molar refractivity (Wildman–Crippen MR) is 220 cm³/mol. The fourth-order valence-corrected chi connectivity index (χ4v) is 4.76. The number of unbranched alkanes of at least 4 members (excludes halogenated alkanes) is 6. The Morgan fingerprint density at radius 3 is 1.38 bits per heavy atom. The number of nitrogens with one attached hydrogen (secondary N) is 1. The highest BCUT2D eigenvalue weighted by Crippen LogP contribution is 2.08. The molecule has 3 N–H and O–H groups in total. The number of hydrogen-bond acceptors (Lipinski definition) is 3. The summed E-state index contributed by atoms with van der Waals surface area (Å²) in [5.41, 5.74) is 0. The van der Waals surface area contributed by atoms with Gasteiger partial charge in [0.15, 0.2) is 0 Å². The minimum absolute atomic E-state index is 0.115. The van der Waals surface area contributed by atoms with Gasteiger partial charge in [-0.15, -0.1) is 0 Å². The summed E-state index contributed by atoms with van der Waals surface area (Å²) in [4.78, 5) is 12.3. The molecule has 0 aliphatic rings. The standard InChI is InChI=1S/C46H71NO3/c1-3-5-7-9-11-13-14-15-16-17-18-19-20-21-22-23-24-25-26-27-28-29-30-31-32-34-36-38-40-42-46(50)47-44(43-48)45(49)41-39-37-35-33-12-10-8-6-4-2/h4-7,11-13,15-16,18-19,21-22,24-25,27-28,30-31,33,39,41,44-45,48-49H,3,8-10,14,17,20,23,26,29,32,34-38,40,42-43H2,1-2H3,(H,47,50)/b6-4+,7-5-,13-11-,16-15-,19-18-,22-21-,25-24-,28-27-,31-30-,33-12+,41-39+. The first-order valence-corrected chi connectivity index (χ1v) is 19.4. The van der Waals surface area contributed by atoms with Crippen LogP contribution in [0.5, 0.6) is 0 Å². The molecule has 0 saturated heterocycles. The Hall–Kier alpha value is -3.47. The third kappa shape index (κ3) is 35.8. The van der Waals surface area contributed by atoms with Gasteiger partial charge in [-0.3, -0.25) is 4.79 Å². The van der Waals surface area contributed by atoms with E-state index in [0.29, 0.717) is 6.42 Å². The molecule has 1 amide bonds. The fourth-order valence-electron chi connectivity index (χ4n) is 4.76. The van der Waals surface area contributed by atoms with Crippen LogP contribution in [0.2, 0.25) is 0 Å². The van der Waals surface area contributed by atoms with Crippen LogP contribution in [0.25, 0.3) is 0 Å². The second-order valence-corrected chi connectivity index (χ2v) is 12.3. The zero-order valence-corrected chi connectivity index (χ0v) is 31.6. The number of allylic oxidation sites excluding steroid dienone is 21. The molecule has 0 bridgehead atoms. The van der Waals surface area contributed by atoms with Crippen LogP contribution < -0.4 is 5.32 Å². The number of amides is 1. The van der Waals surface area contributed by atoms with Crippen molar-refractivity contribution in [1.82, 2.24) is 5.32 Å². The van der Waals surface area contributed by atoms with Crippen molar-refractivity contribution < 1.29 is 15.0 Å². The van der Waals surface area contributed by atoms with E-state index in [1.165, 1.54) is 0 Å². The van der Waals surface area contributed by atoms with Gasteiger partial charge in [0, 0.05) is 6.42 Å². The van der Waals surface area contributed by atoms with Crippen LogP contribution >= 0.6 is 0 Å². The summed E-state index contributed by atoms with van der Waals surface area (Å²) in [6, 6.07) is -0.667. The molecule has 4 nitrogen and oxygen atoms in total. The van der Waals surface area contributed by atoms with Gasteiger partial charge in [0.05, 0.1) is 18.8 Å². The number of rotatable bonds is 32. The van der Waals surface area contributed by atoms with Gasteiger partial charge in [0.2, 0.25) is 5.91 Å². The molecule has 50 heavy (non-hydrogen) atoms. The molecular formula is C46H71NO3. The van der Waals surface area contributed by atoms with Crippen molar-refractivity contribution in [3.63, 3.8) is 0 Å². The number of aliphatic hydroxyl groups is 2. The van der Waals surface area contributed by atoms with Crippen LogP contribution in [0.1, 0.15) is 129 Å². The Morgan fingerprint density at radius 2 is 0.920 bits per heavy atom. The van der Waals surface area contributed by atoms with E-state index in [0.717, 1.165) is 109 Å². The average molecular weight is 686 g/mol. The fraction of sp³-hybridized carbons (Fsp3) is 0.500. The molecule has 0 aliphatic carbocycles. The largest absolute Gasteiger partial charge is 0.394 e. The third-order valence-electron chi connectivity index (χ3n) is 7.69. The van der Waals surface area contributed by atoms with E-state index < -0.39 is 12.1 Å². The highest BCUT2D eigenvalue weighted by Gasteiger charge is 2.17. The molecule has 0 saturated carbocycles. The lowest BCUT2D eigenvalue weighted by Crippen LogP contribution is -2.45. The maximum atomic E-state index is 12.3. The lowest BCUT2D eigenvalue weighted by Gasteiger charge is -2.19. The van der Waals surface area contributed by atoms with Crippen LogP contribution in [0.3, 0.4) is 0 Å². The Labute approximate surface area is 307 Å². The monoisotopic (exact) mass is 686 g/mol. The number of carbonyl (C=O) groups is 1. The van der Waals surface area contributed by atoms with Gasteiger partial charge in [-0.05, 0) is 103 Å². The Morgan fingerprint density at radius 1 is 0.520 bits per heavy atom. The predicted octanol–water partition coefficient (Wildman–Crippen LogP) is 12.0. The van der Waals surface area contributed by atoms with Crippen molar-refractivity contribution in [2.45, 2.75) is 142 Å².